The summed E-state index contributed by atoms with van der Waals surface area (Å²) in [4.78, 5) is 2.46. The lowest BCUT2D eigenvalue weighted by Crippen LogP contribution is -2.34. The minimum atomic E-state index is 0.143. The fourth-order valence-electron chi connectivity index (χ4n) is 6.26. The molecule has 3 nitrogen and oxygen atoms in total. The highest BCUT2D eigenvalue weighted by atomic mass is 16.3. The van der Waals surface area contributed by atoms with Crippen molar-refractivity contribution in [2.24, 2.45) is 0 Å². The summed E-state index contributed by atoms with van der Waals surface area (Å²) in [7, 11) is 0. The topological polar surface area (TPSA) is 21.3 Å². The first-order chi connectivity index (χ1) is 18.4. The van der Waals surface area contributed by atoms with Crippen molar-refractivity contribution >= 4 is 33.2 Å². The van der Waals surface area contributed by atoms with Crippen LogP contribution in [0.25, 0.3) is 38.8 Å². The SMILES string of the molecule is C1=CC2c3ccccc3-c3occc3N(c3ccc4c(c3)c3ccccc3n4-c3ccccc3)C2C=C1. The maximum atomic E-state index is 6.15. The van der Waals surface area contributed by atoms with Gasteiger partial charge in [-0.15, -0.1) is 0 Å². The Morgan fingerprint density at radius 2 is 1.41 bits per heavy atom. The zero-order valence-corrected chi connectivity index (χ0v) is 20.2. The van der Waals surface area contributed by atoms with Crippen LogP contribution >= 0.6 is 0 Å². The second-order valence-corrected chi connectivity index (χ2v) is 9.77. The molecule has 3 heterocycles. The summed E-state index contributed by atoms with van der Waals surface area (Å²) in [5.41, 5.74) is 8.32. The lowest BCUT2D eigenvalue weighted by molar-refractivity contribution is 0.582. The second kappa shape index (κ2) is 7.87. The summed E-state index contributed by atoms with van der Waals surface area (Å²) >= 11 is 0. The number of rotatable bonds is 2. The largest absolute Gasteiger partial charge is 0.462 e. The molecule has 37 heavy (non-hydrogen) atoms. The van der Waals surface area contributed by atoms with Gasteiger partial charge in [-0.3, -0.25) is 0 Å². The first-order valence-electron chi connectivity index (χ1n) is 12.8. The molecule has 2 unspecified atom stereocenters. The first kappa shape index (κ1) is 20.4. The van der Waals surface area contributed by atoms with Crippen molar-refractivity contribution in [2.45, 2.75) is 12.0 Å². The van der Waals surface area contributed by atoms with Gasteiger partial charge in [0.1, 0.15) is 0 Å². The second-order valence-electron chi connectivity index (χ2n) is 9.77. The number of hydrogen-bond donors (Lipinski definition) is 0. The fourth-order valence-corrected chi connectivity index (χ4v) is 6.26. The van der Waals surface area contributed by atoms with E-state index < -0.39 is 0 Å². The van der Waals surface area contributed by atoms with Crippen LogP contribution in [0.15, 0.2) is 138 Å². The molecule has 2 atom stereocenters. The van der Waals surface area contributed by atoms with Crippen molar-refractivity contribution in [3.05, 3.63) is 139 Å². The van der Waals surface area contributed by atoms with Gasteiger partial charge in [-0.2, -0.15) is 0 Å². The van der Waals surface area contributed by atoms with Gasteiger partial charge in [0.25, 0.3) is 0 Å². The van der Waals surface area contributed by atoms with Gasteiger partial charge in [0.2, 0.25) is 0 Å². The summed E-state index contributed by atoms with van der Waals surface area (Å²) in [6, 6.07) is 37.1. The van der Waals surface area contributed by atoms with Crippen LogP contribution in [-0.2, 0) is 0 Å². The molecule has 0 radical (unpaired) electrons. The van der Waals surface area contributed by atoms with Crippen molar-refractivity contribution in [1.29, 1.82) is 0 Å². The highest BCUT2D eigenvalue weighted by molar-refractivity contribution is 6.10. The summed E-state index contributed by atoms with van der Waals surface area (Å²) in [5.74, 6) is 1.16. The van der Waals surface area contributed by atoms with Crippen molar-refractivity contribution in [3.63, 3.8) is 0 Å². The molecular formula is C34H24N2O. The van der Waals surface area contributed by atoms with E-state index in [0.29, 0.717) is 0 Å². The maximum Gasteiger partial charge on any atom is 0.157 e. The number of allylic oxidation sites excluding steroid dienone is 2. The monoisotopic (exact) mass is 476 g/mol. The van der Waals surface area contributed by atoms with Crippen molar-refractivity contribution < 1.29 is 4.42 Å². The Morgan fingerprint density at radius 3 is 2.35 bits per heavy atom. The molecule has 6 aromatic rings. The quantitative estimate of drug-likeness (QED) is 0.249. The Morgan fingerprint density at radius 1 is 0.622 bits per heavy atom. The fraction of sp³-hybridized carbons (Fsp3) is 0.0588. The van der Waals surface area contributed by atoms with Crippen LogP contribution in [-0.4, -0.2) is 10.6 Å². The van der Waals surface area contributed by atoms with E-state index in [1.807, 2.05) is 6.26 Å². The maximum absolute atomic E-state index is 6.15. The minimum absolute atomic E-state index is 0.143. The van der Waals surface area contributed by atoms with Crippen molar-refractivity contribution in [1.82, 2.24) is 4.57 Å². The Bertz CT molecular complexity index is 1850. The molecule has 0 saturated carbocycles. The van der Waals surface area contributed by atoms with E-state index in [1.165, 1.54) is 38.6 Å². The predicted octanol–water partition coefficient (Wildman–Crippen LogP) is 8.77. The van der Waals surface area contributed by atoms with E-state index in [-0.39, 0.29) is 12.0 Å². The molecule has 0 bridgehead atoms. The molecule has 1 aliphatic carbocycles. The third-order valence-electron chi connectivity index (χ3n) is 7.82. The normalized spacial score (nSPS) is 18.0. The summed E-state index contributed by atoms with van der Waals surface area (Å²) in [6.45, 7) is 0. The van der Waals surface area contributed by atoms with Crippen LogP contribution in [0.4, 0.5) is 11.4 Å². The van der Waals surface area contributed by atoms with Gasteiger partial charge in [0.15, 0.2) is 5.76 Å². The standard InChI is InChI=1S/C34H24N2O/c1-2-10-23(11-3-1)35-31-17-9-7-14-27(31)29-22-24(18-19-32(29)35)36-30-16-8-6-13-26(30)25-12-4-5-15-28(25)34-33(36)20-21-37-34/h1-22,26,30H. The molecule has 0 fully saturated rings. The molecule has 0 N–H and O–H groups in total. The summed E-state index contributed by atoms with van der Waals surface area (Å²) in [5, 5.41) is 2.50. The zero-order valence-electron chi connectivity index (χ0n) is 20.2. The van der Waals surface area contributed by atoms with E-state index >= 15 is 0 Å². The Kier molecular flexibility index (Phi) is 4.35. The Hall–Kier alpha value is -4.76. The van der Waals surface area contributed by atoms with Crippen LogP contribution in [0.5, 0.6) is 0 Å². The predicted molar refractivity (Wildman–Crippen MR) is 152 cm³/mol. The van der Waals surface area contributed by atoms with E-state index in [2.05, 4.69) is 137 Å². The number of aromatic nitrogens is 1. The minimum Gasteiger partial charge on any atom is -0.462 e. The molecule has 1 aliphatic heterocycles. The van der Waals surface area contributed by atoms with Crippen LogP contribution in [0.2, 0.25) is 0 Å². The molecule has 0 amide bonds. The number of nitrogens with zero attached hydrogens (tertiary/aromatic N) is 2. The molecule has 2 aliphatic rings. The van der Waals surface area contributed by atoms with Crippen LogP contribution in [0.3, 0.4) is 0 Å². The molecule has 3 heteroatoms. The van der Waals surface area contributed by atoms with Crippen LogP contribution < -0.4 is 4.90 Å². The molecule has 0 saturated heterocycles. The van der Waals surface area contributed by atoms with E-state index in [4.69, 9.17) is 4.42 Å². The highest BCUT2D eigenvalue weighted by Gasteiger charge is 2.36. The molecular weight excluding hydrogens is 452 g/mol. The highest BCUT2D eigenvalue weighted by Crippen LogP contribution is 2.49. The van der Waals surface area contributed by atoms with Gasteiger partial charge >= 0.3 is 0 Å². The van der Waals surface area contributed by atoms with Gasteiger partial charge in [0.05, 0.1) is 29.0 Å². The van der Waals surface area contributed by atoms with Gasteiger partial charge in [-0.25, -0.2) is 0 Å². The van der Waals surface area contributed by atoms with Crippen molar-refractivity contribution in [3.8, 4) is 17.0 Å². The smallest absolute Gasteiger partial charge is 0.157 e. The van der Waals surface area contributed by atoms with Crippen LogP contribution in [0.1, 0.15) is 11.5 Å². The molecule has 8 rings (SSSR count). The zero-order chi connectivity index (χ0) is 24.3. The third kappa shape index (κ3) is 2.94. The van der Waals surface area contributed by atoms with Gasteiger partial charge in [-0.05, 0) is 42.0 Å². The summed E-state index contributed by atoms with van der Waals surface area (Å²) < 4.78 is 8.51. The molecule has 0 spiro atoms. The lowest BCUT2D eigenvalue weighted by atomic mass is 9.85. The number of benzene rings is 4. The number of para-hydroxylation sites is 2. The van der Waals surface area contributed by atoms with Gasteiger partial charge < -0.3 is 13.9 Å². The number of anilines is 2. The number of fused-ring (bicyclic) bond motifs is 8. The summed E-state index contributed by atoms with van der Waals surface area (Å²) in [6.07, 6.45) is 10.8. The number of furan rings is 1. The molecule has 176 valence electrons. The van der Waals surface area contributed by atoms with E-state index in [1.54, 1.807) is 0 Å². The Labute approximate surface area is 215 Å². The van der Waals surface area contributed by atoms with Crippen LogP contribution in [0, 0.1) is 0 Å². The average molecular weight is 477 g/mol. The molecule has 2 aromatic heterocycles. The Balaban J connectivity index is 1.39. The first-order valence-corrected chi connectivity index (χ1v) is 12.8. The average Bonchev–Trinajstić information content (AvgIpc) is 3.54. The van der Waals surface area contributed by atoms with E-state index in [0.717, 1.165) is 17.1 Å². The molecule has 4 aromatic carbocycles. The van der Waals surface area contributed by atoms with Gasteiger partial charge in [0, 0.05) is 39.7 Å². The van der Waals surface area contributed by atoms with Gasteiger partial charge in [-0.1, -0.05) is 85.0 Å². The number of hydrogen-bond acceptors (Lipinski definition) is 2. The van der Waals surface area contributed by atoms with Crippen molar-refractivity contribution in [2.75, 3.05) is 4.90 Å². The van der Waals surface area contributed by atoms with E-state index in [9.17, 15) is 0 Å². The lowest BCUT2D eigenvalue weighted by Gasteiger charge is -2.35. The third-order valence-corrected chi connectivity index (χ3v) is 7.82.